The summed E-state index contributed by atoms with van der Waals surface area (Å²) in [6, 6.07) is 0. The smallest absolute Gasteiger partial charge is 0.255 e. The second-order valence-corrected chi connectivity index (χ2v) is 3.29. The van der Waals surface area contributed by atoms with Gasteiger partial charge in [0, 0.05) is 18.0 Å². The molecule has 0 radical (unpaired) electrons. The van der Waals surface area contributed by atoms with Crippen LogP contribution in [0, 0.1) is 0 Å². The Morgan fingerprint density at radius 2 is 2.31 bits per heavy atom. The summed E-state index contributed by atoms with van der Waals surface area (Å²) < 4.78 is 27.5. The molecule has 1 rings (SSSR count). The van der Waals surface area contributed by atoms with E-state index in [2.05, 4.69) is 14.7 Å². The van der Waals surface area contributed by atoms with Crippen molar-refractivity contribution in [2.75, 3.05) is 11.9 Å². The molecule has 0 saturated heterocycles. The van der Waals surface area contributed by atoms with Crippen LogP contribution in [-0.2, 0) is 6.42 Å². The van der Waals surface area contributed by atoms with Crippen molar-refractivity contribution < 1.29 is 8.78 Å². The van der Waals surface area contributed by atoms with E-state index in [0.717, 1.165) is 30.2 Å². The van der Waals surface area contributed by atoms with Crippen molar-refractivity contribution in [2.45, 2.75) is 26.2 Å². The van der Waals surface area contributed by atoms with Gasteiger partial charge < -0.3 is 5.32 Å². The van der Waals surface area contributed by atoms with Crippen molar-refractivity contribution in [1.82, 2.24) is 9.36 Å². The van der Waals surface area contributed by atoms with Gasteiger partial charge in [-0.1, -0.05) is 6.92 Å². The lowest BCUT2D eigenvalue weighted by Gasteiger charge is -1.98. The average molecular weight is 207 g/mol. The summed E-state index contributed by atoms with van der Waals surface area (Å²) in [6.45, 7) is 1.66. The van der Waals surface area contributed by atoms with E-state index in [4.69, 9.17) is 0 Å². The van der Waals surface area contributed by atoms with Gasteiger partial charge in [-0.2, -0.15) is 4.37 Å². The highest BCUT2D eigenvalue weighted by atomic mass is 32.1. The molecule has 6 heteroatoms. The van der Waals surface area contributed by atoms with Gasteiger partial charge in [0.1, 0.15) is 5.82 Å². The third-order valence-electron chi connectivity index (χ3n) is 1.35. The SMILES string of the molecule is CCCc1nsc(NCC(F)F)n1. The van der Waals surface area contributed by atoms with Crippen molar-refractivity contribution in [2.24, 2.45) is 0 Å². The molecule has 0 aromatic carbocycles. The third-order valence-corrected chi connectivity index (χ3v) is 2.06. The van der Waals surface area contributed by atoms with Crippen molar-refractivity contribution in [3.8, 4) is 0 Å². The molecule has 0 aliphatic rings. The topological polar surface area (TPSA) is 37.8 Å². The molecule has 1 heterocycles. The summed E-state index contributed by atoms with van der Waals surface area (Å²) in [4.78, 5) is 4.03. The molecule has 3 nitrogen and oxygen atoms in total. The molecule has 1 N–H and O–H groups in total. The highest BCUT2D eigenvalue weighted by Crippen LogP contribution is 2.12. The number of hydrogen-bond acceptors (Lipinski definition) is 4. The molecular formula is C7H11F2N3S. The van der Waals surface area contributed by atoms with Crippen LogP contribution < -0.4 is 5.32 Å². The summed E-state index contributed by atoms with van der Waals surface area (Å²) >= 11 is 1.13. The molecule has 13 heavy (non-hydrogen) atoms. The molecule has 0 aliphatic heterocycles. The highest BCUT2D eigenvalue weighted by Gasteiger charge is 2.05. The lowest BCUT2D eigenvalue weighted by molar-refractivity contribution is 0.163. The van der Waals surface area contributed by atoms with Gasteiger partial charge in [0.25, 0.3) is 6.43 Å². The summed E-state index contributed by atoms with van der Waals surface area (Å²) in [5, 5.41) is 2.99. The van der Waals surface area contributed by atoms with Crippen LogP contribution in [0.2, 0.25) is 0 Å². The second-order valence-electron chi connectivity index (χ2n) is 2.54. The fourth-order valence-corrected chi connectivity index (χ4v) is 1.43. The van der Waals surface area contributed by atoms with Crippen molar-refractivity contribution in [1.29, 1.82) is 0 Å². The van der Waals surface area contributed by atoms with Crippen LogP contribution in [0.4, 0.5) is 13.9 Å². The molecule has 0 saturated carbocycles. The molecule has 1 aromatic heterocycles. The number of nitrogens with zero attached hydrogens (tertiary/aromatic N) is 2. The van der Waals surface area contributed by atoms with E-state index < -0.39 is 6.43 Å². The molecule has 0 aliphatic carbocycles. The van der Waals surface area contributed by atoms with Gasteiger partial charge in [-0.05, 0) is 6.42 Å². The van der Waals surface area contributed by atoms with Gasteiger partial charge in [0.15, 0.2) is 0 Å². The molecule has 0 atom stereocenters. The van der Waals surface area contributed by atoms with Gasteiger partial charge in [-0.15, -0.1) is 0 Å². The molecule has 74 valence electrons. The fourth-order valence-electron chi connectivity index (χ4n) is 0.815. The molecule has 0 amide bonds. The summed E-state index contributed by atoms with van der Waals surface area (Å²) in [5.41, 5.74) is 0. The van der Waals surface area contributed by atoms with E-state index in [1.54, 1.807) is 0 Å². The number of rotatable bonds is 5. The van der Waals surface area contributed by atoms with E-state index in [0.29, 0.717) is 5.13 Å². The van der Waals surface area contributed by atoms with E-state index in [9.17, 15) is 8.78 Å². The Morgan fingerprint density at radius 3 is 2.92 bits per heavy atom. The highest BCUT2D eigenvalue weighted by molar-refractivity contribution is 7.09. The van der Waals surface area contributed by atoms with Gasteiger partial charge in [-0.25, -0.2) is 13.8 Å². The molecule has 0 fully saturated rings. The maximum Gasteiger partial charge on any atom is 0.255 e. The molecule has 1 aromatic rings. The van der Waals surface area contributed by atoms with Crippen LogP contribution in [0.3, 0.4) is 0 Å². The molecule has 0 spiro atoms. The number of halogens is 2. The summed E-state index contributed by atoms with van der Waals surface area (Å²) in [5.74, 6) is 0.726. The minimum Gasteiger partial charge on any atom is -0.355 e. The Labute approximate surface area is 79.4 Å². The number of aryl methyl sites for hydroxylation is 1. The Morgan fingerprint density at radius 1 is 1.54 bits per heavy atom. The number of nitrogens with one attached hydrogen (secondary N) is 1. The van der Waals surface area contributed by atoms with E-state index in [-0.39, 0.29) is 6.54 Å². The van der Waals surface area contributed by atoms with Gasteiger partial charge in [0.2, 0.25) is 5.13 Å². The molecular weight excluding hydrogens is 196 g/mol. The largest absolute Gasteiger partial charge is 0.355 e. The molecule has 0 bridgehead atoms. The monoisotopic (exact) mass is 207 g/mol. The number of hydrogen-bond donors (Lipinski definition) is 1. The predicted molar refractivity (Wildman–Crippen MR) is 48.4 cm³/mol. The first-order chi connectivity index (χ1) is 6.22. The zero-order valence-corrected chi connectivity index (χ0v) is 8.07. The zero-order valence-electron chi connectivity index (χ0n) is 7.26. The second kappa shape index (κ2) is 5.06. The first kappa shape index (κ1) is 10.3. The maximum absolute atomic E-state index is 11.8. The average Bonchev–Trinajstić information content (AvgIpc) is 2.50. The van der Waals surface area contributed by atoms with Crippen LogP contribution in [0.1, 0.15) is 19.2 Å². The van der Waals surface area contributed by atoms with Crippen LogP contribution in [0.25, 0.3) is 0 Å². The number of alkyl halides is 2. The van der Waals surface area contributed by atoms with Crippen molar-refractivity contribution in [3.63, 3.8) is 0 Å². The van der Waals surface area contributed by atoms with E-state index >= 15 is 0 Å². The first-order valence-corrected chi connectivity index (χ1v) is 4.84. The zero-order chi connectivity index (χ0) is 9.68. The van der Waals surface area contributed by atoms with Crippen molar-refractivity contribution in [3.05, 3.63) is 5.82 Å². The van der Waals surface area contributed by atoms with Gasteiger partial charge in [0.05, 0.1) is 6.54 Å². The minimum atomic E-state index is -2.35. The molecule has 0 unspecified atom stereocenters. The fraction of sp³-hybridized carbons (Fsp3) is 0.714. The summed E-state index contributed by atoms with van der Waals surface area (Å²) in [7, 11) is 0. The van der Waals surface area contributed by atoms with Gasteiger partial charge in [-0.3, -0.25) is 0 Å². The van der Waals surface area contributed by atoms with Crippen LogP contribution >= 0.6 is 11.5 Å². The lowest BCUT2D eigenvalue weighted by atomic mass is 10.3. The maximum atomic E-state index is 11.8. The number of aromatic nitrogens is 2. The Bertz CT molecular complexity index is 252. The standard InChI is InChI=1S/C7H11F2N3S/c1-2-3-6-11-7(13-12-6)10-4-5(8)9/h5H,2-4H2,1H3,(H,10,11,12). The third kappa shape index (κ3) is 3.63. The van der Waals surface area contributed by atoms with E-state index in [1.807, 2.05) is 6.92 Å². The minimum absolute atomic E-state index is 0.360. The Hall–Kier alpha value is -0.780. The lowest BCUT2D eigenvalue weighted by Crippen LogP contribution is -2.09. The summed E-state index contributed by atoms with van der Waals surface area (Å²) in [6.07, 6.45) is -0.587. The predicted octanol–water partition coefficient (Wildman–Crippen LogP) is 2.17. The number of anilines is 1. The van der Waals surface area contributed by atoms with E-state index in [1.165, 1.54) is 0 Å². The van der Waals surface area contributed by atoms with Gasteiger partial charge >= 0.3 is 0 Å². The van der Waals surface area contributed by atoms with Crippen LogP contribution in [-0.4, -0.2) is 22.3 Å². The Kier molecular flexibility index (Phi) is 4.01. The van der Waals surface area contributed by atoms with Crippen LogP contribution in [0.5, 0.6) is 0 Å². The Balaban J connectivity index is 2.39. The quantitative estimate of drug-likeness (QED) is 0.804. The first-order valence-electron chi connectivity index (χ1n) is 4.07. The van der Waals surface area contributed by atoms with Crippen molar-refractivity contribution >= 4 is 16.7 Å². The van der Waals surface area contributed by atoms with Crippen LogP contribution in [0.15, 0.2) is 0 Å². The normalized spacial score (nSPS) is 10.8.